The summed E-state index contributed by atoms with van der Waals surface area (Å²) in [7, 11) is 0. The summed E-state index contributed by atoms with van der Waals surface area (Å²) in [5, 5.41) is 3.69. The molecule has 1 atom stereocenters. The van der Waals surface area contributed by atoms with Crippen molar-refractivity contribution in [3.8, 4) is 12.3 Å². The van der Waals surface area contributed by atoms with Crippen LogP contribution in [0.3, 0.4) is 0 Å². The first kappa shape index (κ1) is 13.1. The van der Waals surface area contributed by atoms with E-state index < -0.39 is 0 Å². The lowest BCUT2D eigenvalue weighted by Crippen LogP contribution is -2.33. The highest BCUT2D eigenvalue weighted by Gasteiger charge is 2.14. The van der Waals surface area contributed by atoms with E-state index in [1.165, 1.54) is 0 Å². The SMILES string of the molecule is C#CC(CC)NC(=O)c1cc(C)nc2ccccc12. The van der Waals surface area contributed by atoms with Crippen molar-refractivity contribution in [1.29, 1.82) is 0 Å². The van der Waals surface area contributed by atoms with Crippen molar-refractivity contribution in [2.24, 2.45) is 0 Å². The number of aryl methyl sites for hydroxylation is 1. The maximum atomic E-state index is 12.3. The van der Waals surface area contributed by atoms with Gasteiger partial charge in [-0.25, -0.2) is 0 Å². The van der Waals surface area contributed by atoms with Gasteiger partial charge in [-0.2, -0.15) is 0 Å². The van der Waals surface area contributed by atoms with Crippen molar-refractivity contribution >= 4 is 16.8 Å². The third-order valence-electron chi connectivity index (χ3n) is 3.00. The maximum absolute atomic E-state index is 12.3. The van der Waals surface area contributed by atoms with Crippen LogP contribution in [0.15, 0.2) is 30.3 Å². The van der Waals surface area contributed by atoms with E-state index in [2.05, 4.69) is 16.2 Å². The van der Waals surface area contributed by atoms with Gasteiger partial charge in [-0.3, -0.25) is 9.78 Å². The summed E-state index contributed by atoms with van der Waals surface area (Å²) in [6.07, 6.45) is 6.09. The number of terminal acetylenes is 1. The fourth-order valence-corrected chi connectivity index (χ4v) is 1.99. The van der Waals surface area contributed by atoms with Crippen LogP contribution in [0.2, 0.25) is 0 Å². The number of para-hydroxylation sites is 1. The van der Waals surface area contributed by atoms with Gasteiger partial charge in [0.2, 0.25) is 0 Å². The van der Waals surface area contributed by atoms with Crippen LogP contribution in [0.4, 0.5) is 0 Å². The summed E-state index contributed by atoms with van der Waals surface area (Å²) in [4.78, 5) is 16.7. The van der Waals surface area contributed by atoms with Gasteiger partial charge in [-0.1, -0.05) is 31.0 Å². The van der Waals surface area contributed by atoms with Crippen molar-refractivity contribution in [2.75, 3.05) is 0 Å². The molecular weight excluding hydrogens is 236 g/mol. The quantitative estimate of drug-likeness (QED) is 0.853. The summed E-state index contributed by atoms with van der Waals surface area (Å²) < 4.78 is 0. The van der Waals surface area contributed by atoms with Crippen LogP contribution in [-0.2, 0) is 0 Å². The second kappa shape index (κ2) is 5.53. The Kier molecular flexibility index (Phi) is 3.82. The molecule has 3 heteroatoms. The number of carbonyl (C=O) groups excluding carboxylic acids is 1. The maximum Gasteiger partial charge on any atom is 0.253 e. The van der Waals surface area contributed by atoms with Crippen LogP contribution in [-0.4, -0.2) is 16.9 Å². The minimum atomic E-state index is -0.236. The molecule has 1 unspecified atom stereocenters. The van der Waals surface area contributed by atoms with E-state index in [0.29, 0.717) is 12.0 Å². The van der Waals surface area contributed by atoms with E-state index >= 15 is 0 Å². The van der Waals surface area contributed by atoms with E-state index in [9.17, 15) is 4.79 Å². The topological polar surface area (TPSA) is 42.0 Å². The molecule has 0 aliphatic rings. The summed E-state index contributed by atoms with van der Waals surface area (Å²) in [5.74, 6) is 2.42. The molecule has 3 nitrogen and oxygen atoms in total. The first-order valence-electron chi connectivity index (χ1n) is 6.29. The van der Waals surface area contributed by atoms with Gasteiger partial charge < -0.3 is 5.32 Å². The number of nitrogens with one attached hydrogen (secondary N) is 1. The fourth-order valence-electron chi connectivity index (χ4n) is 1.99. The number of amides is 1. The van der Waals surface area contributed by atoms with Gasteiger partial charge in [0, 0.05) is 11.1 Å². The van der Waals surface area contributed by atoms with E-state index in [1.807, 2.05) is 38.1 Å². The average molecular weight is 252 g/mol. The molecule has 2 aromatic rings. The number of hydrogen-bond acceptors (Lipinski definition) is 2. The number of hydrogen-bond donors (Lipinski definition) is 1. The van der Waals surface area contributed by atoms with Gasteiger partial charge in [-0.05, 0) is 25.5 Å². The largest absolute Gasteiger partial charge is 0.338 e. The third kappa shape index (κ3) is 2.74. The van der Waals surface area contributed by atoms with Crippen molar-refractivity contribution in [3.63, 3.8) is 0 Å². The van der Waals surface area contributed by atoms with Crippen LogP contribution < -0.4 is 5.32 Å². The van der Waals surface area contributed by atoms with E-state index in [1.54, 1.807) is 6.07 Å². The molecule has 0 aliphatic carbocycles. The predicted octanol–water partition coefficient (Wildman–Crippen LogP) is 2.68. The summed E-state index contributed by atoms with van der Waals surface area (Å²) >= 11 is 0. The number of fused-ring (bicyclic) bond motifs is 1. The fraction of sp³-hybridized carbons (Fsp3) is 0.250. The minimum absolute atomic E-state index is 0.147. The number of nitrogens with zero attached hydrogens (tertiary/aromatic N) is 1. The lowest BCUT2D eigenvalue weighted by Gasteiger charge is -2.12. The Morgan fingerprint density at radius 1 is 1.47 bits per heavy atom. The highest BCUT2D eigenvalue weighted by Crippen LogP contribution is 2.18. The normalized spacial score (nSPS) is 11.8. The molecule has 0 bridgehead atoms. The van der Waals surface area contributed by atoms with E-state index in [-0.39, 0.29) is 11.9 Å². The molecule has 96 valence electrons. The van der Waals surface area contributed by atoms with Crippen LogP contribution >= 0.6 is 0 Å². The molecule has 0 saturated carbocycles. The summed E-state index contributed by atoms with van der Waals surface area (Å²) in [5.41, 5.74) is 2.26. The van der Waals surface area contributed by atoms with Gasteiger partial charge in [-0.15, -0.1) is 6.42 Å². The number of aromatic nitrogens is 1. The van der Waals surface area contributed by atoms with Gasteiger partial charge >= 0.3 is 0 Å². The molecule has 19 heavy (non-hydrogen) atoms. The highest BCUT2D eigenvalue weighted by molar-refractivity contribution is 6.06. The molecular formula is C16H16N2O. The van der Waals surface area contributed by atoms with E-state index in [4.69, 9.17) is 6.42 Å². The van der Waals surface area contributed by atoms with Crippen molar-refractivity contribution < 1.29 is 4.79 Å². The van der Waals surface area contributed by atoms with Crippen LogP contribution in [0, 0.1) is 19.3 Å². The standard InChI is InChI=1S/C16H16N2O/c1-4-12(5-2)18-16(19)14-10-11(3)17-15-9-7-6-8-13(14)15/h1,6-10,12H,5H2,2-3H3,(H,18,19). The Hall–Kier alpha value is -2.34. The molecule has 0 fully saturated rings. The third-order valence-corrected chi connectivity index (χ3v) is 3.00. The monoisotopic (exact) mass is 252 g/mol. The van der Waals surface area contributed by atoms with Crippen LogP contribution in [0.25, 0.3) is 10.9 Å². The first-order chi connectivity index (χ1) is 9.15. The second-order valence-electron chi connectivity index (χ2n) is 4.43. The van der Waals surface area contributed by atoms with Gasteiger partial charge in [0.15, 0.2) is 0 Å². The predicted molar refractivity (Wildman–Crippen MR) is 76.9 cm³/mol. The molecule has 1 N–H and O–H groups in total. The Morgan fingerprint density at radius 2 is 2.21 bits per heavy atom. The van der Waals surface area contributed by atoms with Gasteiger partial charge in [0.05, 0.1) is 17.1 Å². The molecule has 1 aromatic heterocycles. The van der Waals surface area contributed by atoms with Crippen molar-refractivity contribution in [1.82, 2.24) is 10.3 Å². The number of rotatable bonds is 3. The summed E-state index contributed by atoms with van der Waals surface area (Å²) in [6, 6.07) is 9.16. The smallest absolute Gasteiger partial charge is 0.253 e. The molecule has 0 aliphatic heterocycles. The van der Waals surface area contributed by atoms with Gasteiger partial charge in [0.25, 0.3) is 5.91 Å². The van der Waals surface area contributed by atoms with E-state index in [0.717, 1.165) is 16.6 Å². The Labute approximate surface area is 113 Å². The molecule has 0 radical (unpaired) electrons. The van der Waals surface area contributed by atoms with Gasteiger partial charge in [0.1, 0.15) is 0 Å². The molecule has 0 saturated heterocycles. The molecule has 1 heterocycles. The molecule has 1 amide bonds. The average Bonchev–Trinajstić information content (AvgIpc) is 2.43. The minimum Gasteiger partial charge on any atom is -0.338 e. The number of benzene rings is 1. The summed E-state index contributed by atoms with van der Waals surface area (Å²) in [6.45, 7) is 3.82. The molecule has 0 spiro atoms. The second-order valence-corrected chi connectivity index (χ2v) is 4.43. The molecule has 2 rings (SSSR count). The lowest BCUT2D eigenvalue weighted by molar-refractivity contribution is 0.0946. The zero-order valence-electron chi connectivity index (χ0n) is 11.1. The number of carbonyl (C=O) groups is 1. The lowest BCUT2D eigenvalue weighted by atomic mass is 10.1. The highest BCUT2D eigenvalue weighted by atomic mass is 16.1. The van der Waals surface area contributed by atoms with Crippen LogP contribution in [0.1, 0.15) is 29.4 Å². The van der Waals surface area contributed by atoms with Crippen molar-refractivity contribution in [2.45, 2.75) is 26.3 Å². The number of pyridine rings is 1. The Morgan fingerprint density at radius 3 is 2.89 bits per heavy atom. The Balaban J connectivity index is 2.44. The van der Waals surface area contributed by atoms with Crippen molar-refractivity contribution in [3.05, 3.63) is 41.6 Å². The van der Waals surface area contributed by atoms with Crippen LogP contribution in [0.5, 0.6) is 0 Å². The first-order valence-corrected chi connectivity index (χ1v) is 6.29. The zero-order valence-corrected chi connectivity index (χ0v) is 11.1. The molecule has 1 aromatic carbocycles. The Bertz CT molecular complexity index is 655. The zero-order chi connectivity index (χ0) is 13.8.